The molecule has 0 bridgehead atoms. The van der Waals surface area contributed by atoms with Crippen LogP contribution in [-0.4, -0.2) is 57.2 Å². The molecule has 0 saturated carbocycles. The third-order valence-electron chi connectivity index (χ3n) is 4.22. The number of amides is 1. The molecule has 9 heteroatoms. The van der Waals surface area contributed by atoms with E-state index in [-0.39, 0.29) is 31.6 Å². The molecule has 23 heavy (non-hydrogen) atoms. The largest absolute Gasteiger partial charge is 0.417 e. The summed E-state index contributed by atoms with van der Waals surface area (Å²) in [4.78, 5) is 21.9. The average molecular weight is 328 g/mol. The number of fused-ring (bicyclic) bond motifs is 1. The quantitative estimate of drug-likeness (QED) is 0.845. The Morgan fingerprint density at radius 3 is 2.61 bits per heavy atom. The number of ether oxygens (including phenoxy) is 1. The Labute approximate surface area is 129 Å². The SMILES string of the molecule is COC1(C(F)(F)F)CCN(C(=O)c2cn3cccnc3n2)CC1. The molecule has 1 aliphatic heterocycles. The van der Waals surface area contributed by atoms with Gasteiger partial charge >= 0.3 is 6.18 Å². The van der Waals surface area contributed by atoms with Crippen LogP contribution in [0.1, 0.15) is 23.3 Å². The number of methoxy groups -OCH3 is 1. The van der Waals surface area contributed by atoms with Crippen molar-refractivity contribution < 1.29 is 22.7 Å². The number of carbonyl (C=O) groups is 1. The molecule has 1 amide bonds. The number of nitrogens with zero attached hydrogens (tertiary/aromatic N) is 4. The van der Waals surface area contributed by atoms with Crippen molar-refractivity contribution in [3.63, 3.8) is 0 Å². The van der Waals surface area contributed by atoms with Gasteiger partial charge in [0.1, 0.15) is 5.69 Å². The number of piperidine rings is 1. The fraction of sp³-hybridized carbons (Fsp3) is 0.500. The second-order valence-corrected chi connectivity index (χ2v) is 5.44. The van der Waals surface area contributed by atoms with Crippen LogP contribution in [0.25, 0.3) is 5.78 Å². The summed E-state index contributed by atoms with van der Waals surface area (Å²) in [5.74, 6) is -0.0308. The molecule has 0 unspecified atom stereocenters. The summed E-state index contributed by atoms with van der Waals surface area (Å²) in [6, 6.07) is 1.69. The Bertz CT molecular complexity index is 687. The molecule has 124 valence electrons. The molecule has 0 atom stereocenters. The zero-order chi connectivity index (χ0) is 16.7. The minimum absolute atomic E-state index is 0.0342. The molecule has 0 radical (unpaired) electrons. The van der Waals surface area contributed by atoms with Gasteiger partial charge in [-0.15, -0.1) is 0 Å². The number of aromatic nitrogens is 3. The number of halogens is 3. The number of rotatable bonds is 2. The third-order valence-corrected chi connectivity index (χ3v) is 4.22. The van der Waals surface area contributed by atoms with E-state index in [2.05, 4.69) is 9.97 Å². The molecule has 0 N–H and O–H groups in total. The van der Waals surface area contributed by atoms with Crippen LogP contribution in [0.5, 0.6) is 0 Å². The van der Waals surface area contributed by atoms with Crippen LogP contribution in [0, 0.1) is 0 Å². The van der Waals surface area contributed by atoms with E-state index < -0.39 is 17.7 Å². The fourth-order valence-electron chi connectivity index (χ4n) is 2.77. The van der Waals surface area contributed by atoms with E-state index in [0.717, 1.165) is 7.11 Å². The Balaban J connectivity index is 1.75. The van der Waals surface area contributed by atoms with Crippen molar-refractivity contribution in [1.29, 1.82) is 0 Å². The maximum atomic E-state index is 13.1. The summed E-state index contributed by atoms with van der Waals surface area (Å²) in [6.45, 7) is -0.0685. The van der Waals surface area contributed by atoms with E-state index in [1.807, 2.05) is 0 Å². The van der Waals surface area contributed by atoms with Crippen LogP contribution in [0.4, 0.5) is 13.2 Å². The van der Waals surface area contributed by atoms with Crippen LogP contribution in [0.15, 0.2) is 24.7 Å². The summed E-state index contributed by atoms with van der Waals surface area (Å²) in [5.41, 5.74) is -2.01. The fourth-order valence-corrected chi connectivity index (χ4v) is 2.77. The lowest BCUT2D eigenvalue weighted by Crippen LogP contribution is -2.55. The predicted molar refractivity (Wildman–Crippen MR) is 73.9 cm³/mol. The lowest BCUT2D eigenvalue weighted by molar-refractivity contribution is -0.281. The molecule has 1 aliphatic rings. The number of likely N-dealkylation sites (tertiary alicyclic amines) is 1. The maximum Gasteiger partial charge on any atom is 0.417 e. The number of hydrogen-bond donors (Lipinski definition) is 0. The molecule has 1 fully saturated rings. The Morgan fingerprint density at radius 1 is 1.35 bits per heavy atom. The van der Waals surface area contributed by atoms with Gasteiger partial charge in [0, 0.05) is 51.6 Å². The van der Waals surface area contributed by atoms with E-state index in [1.54, 1.807) is 22.9 Å². The first-order valence-electron chi connectivity index (χ1n) is 7.07. The summed E-state index contributed by atoms with van der Waals surface area (Å²) in [6.07, 6.45) is -0.263. The molecule has 2 aromatic rings. The smallest absolute Gasteiger partial charge is 0.369 e. The third kappa shape index (κ3) is 2.65. The number of hydrogen-bond acceptors (Lipinski definition) is 4. The molecule has 6 nitrogen and oxygen atoms in total. The van der Waals surface area contributed by atoms with Crippen LogP contribution in [0.2, 0.25) is 0 Å². The van der Waals surface area contributed by atoms with Gasteiger partial charge in [-0.25, -0.2) is 9.97 Å². The first kappa shape index (κ1) is 15.7. The lowest BCUT2D eigenvalue weighted by atomic mass is 9.90. The molecule has 2 aromatic heterocycles. The van der Waals surface area contributed by atoms with E-state index in [9.17, 15) is 18.0 Å². The summed E-state index contributed by atoms with van der Waals surface area (Å²) < 4.78 is 45.7. The van der Waals surface area contributed by atoms with Crippen LogP contribution < -0.4 is 0 Å². The molecule has 3 heterocycles. The van der Waals surface area contributed by atoms with Gasteiger partial charge < -0.3 is 9.64 Å². The highest BCUT2D eigenvalue weighted by molar-refractivity contribution is 5.92. The van der Waals surface area contributed by atoms with E-state index >= 15 is 0 Å². The van der Waals surface area contributed by atoms with E-state index in [1.165, 1.54) is 11.1 Å². The average Bonchev–Trinajstić information content (AvgIpc) is 2.97. The summed E-state index contributed by atoms with van der Waals surface area (Å²) in [7, 11) is 1.05. The van der Waals surface area contributed by atoms with Gasteiger partial charge in [0.15, 0.2) is 5.60 Å². The second-order valence-electron chi connectivity index (χ2n) is 5.44. The molecule has 1 saturated heterocycles. The van der Waals surface area contributed by atoms with Crippen molar-refractivity contribution in [3.05, 3.63) is 30.4 Å². The lowest BCUT2D eigenvalue weighted by Gasteiger charge is -2.41. The Morgan fingerprint density at radius 2 is 2.04 bits per heavy atom. The monoisotopic (exact) mass is 328 g/mol. The minimum Gasteiger partial charge on any atom is -0.369 e. The normalized spacial score (nSPS) is 18.3. The van der Waals surface area contributed by atoms with E-state index in [4.69, 9.17) is 4.74 Å². The number of alkyl halides is 3. The molecular weight excluding hydrogens is 313 g/mol. The van der Waals surface area contributed by atoms with Crippen LogP contribution in [0.3, 0.4) is 0 Å². The highest BCUT2D eigenvalue weighted by Crippen LogP contribution is 2.41. The van der Waals surface area contributed by atoms with Crippen LogP contribution in [-0.2, 0) is 4.74 Å². The summed E-state index contributed by atoms with van der Waals surface area (Å²) >= 11 is 0. The first-order chi connectivity index (χ1) is 10.9. The Kier molecular flexibility index (Phi) is 3.75. The predicted octanol–water partition coefficient (Wildman–Crippen LogP) is 1.91. The van der Waals surface area contributed by atoms with Crippen molar-refractivity contribution in [3.8, 4) is 0 Å². The molecule has 3 rings (SSSR count). The van der Waals surface area contributed by atoms with Crippen molar-refractivity contribution >= 4 is 11.7 Å². The standard InChI is InChI=1S/C14H15F3N4O2/c1-23-13(14(15,16)17)3-7-20(8-4-13)11(22)10-9-21-6-2-5-18-12(21)19-10/h2,5-6,9H,3-4,7-8H2,1H3. The minimum atomic E-state index is -4.45. The second kappa shape index (κ2) is 5.48. The molecule has 0 aliphatic carbocycles. The Hall–Kier alpha value is -2.16. The molecule has 0 aromatic carbocycles. The molecular formula is C14H15F3N4O2. The van der Waals surface area contributed by atoms with Gasteiger partial charge in [-0.05, 0) is 6.07 Å². The van der Waals surface area contributed by atoms with Crippen molar-refractivity contribution in [2.45, 2.75) is 24.6 Å². The van der Waals surface area contributed by atoms with Gasteiger partial charge in [0.25, 0.3) is 5.91 Å². The van der Waals surface area contributed by atoms with Gasteiger partial charge in [0.05, 0.1) is 0 Å². The zero-order valence-electron chi connectivity index (χ0n) is 12.4. The zero-order valence-corrected chi connectivity index (χ0v) is 12.4. The van der Waals surface area contributed by atoms with Gasteiger partial charge in [-0.3, -0.25) is 9.20 Å². The van der Waals surface area contributed by atoms with Gasteiger partial charge in [0.2, 0.25) is 5.78 Å². The van der Waals surface area contributed by atoms with Gasteiger partial charge in [-0.1, -0.05) is 0 Å². The highest BCUT2D eigenvalue weighted by Gasteiger charge is 2.56. The number of imidazole rings is 1. The van der Waals surface area contributed by atoms with Crippen molar-refractivity contribution in [2.24, 2.45) is 0 Å². The maximum absolute atomic E-state index is 13.1. The highest BCUT2D eigenvalue weighted by atomic mass is 19.4. The van der Waals surface area contributed by atoms with Gasteiger partial charge in [-0.2, -0.15) is 13.2 Å². The van der Waals surface area contributed by atoms with E-state index in [0.29, 0.717) is 5.78 Å². The topological polar surface area (TPSA) is 59.7 Å². The van der Waals surface area contributed by atoms with Crippen molar-refractivity contribution in [2.75, 3.05) is 20.2 Å². The van der Waals surface area contributed by atoms with Crippen molar-refractivity contribution in [1.82, 2.24) is 19.3 Å². The summed E-state index contributed by atoms with van der Waals surface area (Å²) in [5, 5.41) is 0. The molecule has 0 spiro atoms. The first-order valence-corrected chi connectivity index (χ1v) is 7.07. The number of carbonyl (C=O) groups excluding carboxylic acids is 1. The van der Waals surface area contributed by atoms with Crippen LogP contribution >= 0.6 is 0 Å².